The van der Waals surface area contributed by atoms with Crippen LogP contribution in [0.15, 0.2) is 30.3 Å². The van der Waals surface area contributed by atoms with Gasteiger partial charge in [-0.1, -0.05) is 6.07 Å². The molecule has 1 aromatic carbocycles. The predicted molar refractivity (Wildman–Crippen MR) is 82.8 cm³/mol. The summed E-state index contributed by atoms with van der Waals surface area (Å²) in [6.07, 6.45) is 3.67. The van der Waals surface area contributed by atoms with E-state index in [1.807, 2.05) is 18.2 Å². The van der Waals surface area contributed by atoms with Gasteiger partial charge in [0.15, 0.2) is 0 Å². The molecule has 110 valence electrons. The lowest BCUT2D eigenvalue weighted by Crippen LogP contribution is -2.20. The first-order valence-corrected chi connectivity index (χ1v) is 7.34. The van der Waals surface area contributed by atoms with Crippen molar-refractivity contribution < 1.29 is 9.90 Å². The van der Waals surface area contributed by atoms with Crippen molar-refractivity contribution in [2.75, 3.05) is 18.4 Å². The maximum absolute atomic E-state index is 11.2. The molecule has 0 bridgehead atoms. The Kier molecular flexibility index (Phi) is 4.01. The fourth-order valence-electron chi connectivity index (χ4n) is 2.34. The van der Waals surface area contributed by atoms with Gasteiger partial charge in [0, 0.05) is 18.0 Å². The maximum Gasteiger partial charge on any atom is 0.336 e. The number of aromatic carboxylic acids is 1. The van der Waals surface area contributed by atoms with Gasteiger partial charge in [-0.2, -0.15) is 0 Å². The van der Waals surface area contributed by atoms with Crippen LogP contribution >= 0.6 is 0 Å². The van der Waals surface area contributed by atoms with Crippen molar-refractivity contribution in [2.45, 2.75) is 25.3 Å². The van der Waals surface area contributed by atoms with Crippen LogP contribution in [0.5, 0.6) is 0 Å². The fourth-order valence-corrected chi connectivity index (χ4v) is 2.34. The molecule has 0 unspecified atom stereocenters. The van der Waals surface area contributed by atoms with Crippen molar-refractivity contribution in [3.63, 3.8) is 0 Å². The second-order valence-corrected chi connectivity index (χ2v) is 5.38. The van der Waals surface area contributed by atoms with Crippen LogP contribution in [0.1, 0.15) is 29.6 Å². The number of hydrogen-bond donors (Lipinski definition) is 3. The summed E-state index contributed by atoms with van der Waals surface area (Å²) in [5.41, 5.74) is 0.996. The average Bonchev–Trinajstić information content (AvgIpc) is 3.30. The maximum atomic E-state index is 11.2. The monoisotopic (exact) mass is 285 g/mol. The summed E-state index contributed by atoms with van der Waals surface area (Å²) < 4.78 is 0. The van der Waals surface area contributed by atoms with Gasteiger partial charge in [0.2, 0.25) is 0 Å². The third-order valence-electron chi connectivity index (χ3n) is 3.63. The van der Waals surface area contributed by atoms with Gasteiger partial charge in [-0.25, -0.2) is 9.78 Å². The lowest BCUT2D eigenvalue weighted by molar-refractivity contribution is 0.0699. The minimum absolute atomic E-state index is 0.292. The number of benzene rings is 1. The standard InChI is InChI=1S/C16H19N3O2/c20-16(21)13-3-1-4-14-12(13)7-8-15(19-14)18-10-2-9-17-11-5-6-11/h1,3-4,7-8,11,17H,2,5-6,9-10H2,(H,18,19)(H,20,21). The summed E-state index contributed by atoms with van der Waals surface area (Å²) in [6, 6.07) is 9.56. The Hall–Kier alpha value is -2.14. The molecule has 0 radical (unpaired) electrons. The fraction of sp³-hybridized carbons (Fsp3) is 0.375. The molecule has 0 atom stereocenters. The van der Waals surface area contributed by atoms with E-state index in [9.17, 15) is 4.79 Å². The zero-order valence-electron chi connectivity index (χ0n) is 11.8. The minimum atomic E-state index is -0.922. The molecule has 5 heteroatoms. The van der Waals surface area contributed by atoms with Crippen LogP contribution in [0.2, 0.25) is 0 Å². The first-order valence-electron chi connectivity index (χ1n) is 7.34. The summed E-state index contributed by atoms with van der Waals surface area (Å²) in [6.45, 7) is 1.88. The first kappa shape index (κ1) is 13.8. The van der Waals surface area contributed by atoms with Gasteiger partial charge in [0.1, 0.15) is 5.82 Å². The smallest absolute Gasteiger partial charge is 0.336 e. The lowest BCUT2D eigenvalue weighted by atomic mass is 10.1. The van der Waals surface area contributed by atoms with E-state index in [1.54, 1.807) is 12.1 Å². The number of rotatable bonds is 7. The van der Waals surface area contributed by atoms with E-state index in [1.165, 1.54) is 12.8 Å². The number of nitrogens with zero attached hydrogens (tertiary/aromatic N) is 1. The molecule has 3 N–H and O–H groups in total. The van der Waals surface area contributed by atoms with Crippen LogP contribution < -0.4 is 10.6 Å². The quantitative estimate of drug-likeness (QED) is 0.682. The van der Waals surface area contributed by atoms with Gasteiger partial charge in [0.05, 0.1) is 11.1 Å². The molecule has 5 nitrogen and oxygen atoms in total. The van der Waals surface area contributed by atoms with E-state index in [2.05, 4.69) is 15.6 Å². The number of pyridine rings is 1. The van der Waals surface area contributed by atoms with Crippen molar-refractivity contribution in [1.29, 1.82) is 0 Å². The summed E-state index contributed by atoms with van der Waals surface area (Å²) in [5, 5.41) is 16.6. The van der Waals surface area contributed by atoms with Gasteiger partial charge < -0.3 is 15.7 Å². The number of fused-ring (bicyclic) bond motifs is 1. The van der Waals surface area contributed by atoms with Crippen molar-refractivity contribution in [2.24, 2.45) is 0 Å². The highest BCUT2D eigenvalue weighted by atomic mass is 16.4. The Balaban J connectivity index is 1.62. The van der Waals surface area contributed by atoms with E-state index in [4.69, 9.17) is 5.11 Å². The average molecular weight is 285 g/mol. The molecule has 1 aliphatic carbocycles. The molecule has 3 rings (SSSR count). The second kappa shape index (κ2) is 6.10. The highest BCUT2D eigenvalue weighted by molar-refractivity contribution is 6.02. The van der Waals surface area contributed by atoms with Crippen LogP contribution in [0, 0.1) is 0 Å². The van der Waals surface area contributed by atoms with Gasteiger partial charge >= 0.3 is 5.97 Å². The van der Waals surface area contributed by atoms with Crippen LogP contribution in [-0.2, 0) is 0 Å². The number of carboxylic acid groups (broad SMARTS) is 1. The third kappa shape index (κ3) is 3.49. The Bertz CT molecular complexity index is 653. The molecule has 0 amide bonds. The zero-order valence-corrected chi connectivity index (χ0v) is 11.8. The van der Waals surface area contributed by atoms with E-state index in [0.29, 0.717) is 16.5 Å². The number of anilines is 1. The normalized spacial score (nSPS) is 14.3. The van der Waals surface area contributed by atoms with Crippen molar-refractivity contribution >= 4 is 22.7 Å². The van der Waals surface area contributed by atoms with E-state index in [-0.39, 0.29) is 0 Å². The molecular weight excluding hydrogens is 266 g/mol. The van der Waals surface area contributed by atoms with Crippen LogP contribution in [0.4, 0.5) is 5.82 Å². The second-order valence-electron chi connectivity index (χ2n) is 5.38. The molecule has 0 aliphatic heterocycles. The molecule has 1 aromatic heterocycles. The Morgan fingerprint density at radius 2 is 2.10 bits per heavy atom. The van der Waals surface area contributed by atoms with Crippen LogP contribution in [0.3, 0.4) is 0 Å². The number of carboxylic acids is 1. The molecule has 2 aromatic rings. The van der Waals surface area contributed by atoms with Crippen molar-refractivity contribution in [3.8, 4) is 0 Å². The first-order chi connectivity index (χ1) is 10.2. The van der Waals surface area contributed by atoms with Crippen LogP contribution in [0.25, 0.3) is 10.9 Å². The van der Waals surface area contributed by atoms with E-state index < -0.39 is 5.97 Å². The van der Waals surface area contributed by atoms with E-state index >= 15 is 0 Å². The molecule has 21 heavy (non-hydrogen) atoms. The molecule has 1 fully saturated rings. The van der Waals surface area contributed by atoms with Crippen molar-refractivity contribution in [1.82, 2.24) is 10.3 Å². The number of carbonyl (C=O) groups is 1. The number of aromatic nitrogens is 1. The highest BCUT2D eigenvalue weighted by Gasteiger charge is 2.19. The minimum Gasteiger partial charge on any atom is -0.478 e. The Labute approximate surface area is 123 Å². The Morgan fingerprint density at radius 3 is 2.86 bits per heavy atom. The zero-order chi connectivity index (χ0) is 14.7. The third-order valence-corrected chi connectivity index (χ3v) is 3.63. The van der Waals surface area contributed by atoms with Gasteiger partial charge in [-0.05, 0) is 50.1 Å². The van der Waals surface area contributed by atoms with Gasteiger partial charge in [-0.15, -0.1) is 0 Å². The largest absolute Gasteiger partial charge is 0.478 e. The summed E-state index contributed by atoms with van der Waals surface area (Å²) in [5.74, 6) is -0.134. The predicted octanol–water partition coefficient (Wildman–Crippen LogP) is 2.49. The summed E-state index contributed by atoms with van der Waals surface area (Å²) in [4.78, 5) is 15.6. The molecule has 1 saturated carbocycles. The number of hydrogen-bond acceptors (Lipinski definition) is 4. The molecule has 1 heterocycles. The molecule has 0 spiro atoms. The van der Waals surface area contributed by atoms with Gasteiger partial charge in [-0.3, -0.25) is 0 Å². The number of nitrogens with one attached hydrogen (secondary N) is 2. The summed E-state index contributed by atoms with van der Waals surface area (Å²) in [7, 11) is 0. The summed E-state index contributed by atoms with van der Waals surface area (Å²) >= 11 is 0. The molecule has 0 saturated heterocycles. The van der Waals surface area contributed by atoms with Crippen molar-refractivity contribution in [3.05, 3.63) is 35.9 Å². The topological polar surface area (TPSA) is 74.2 Å². The van der Waals surface area contributed by atoms with E-state index in [0.717, 1.165) is 31.4 Å². The van der Waals surface area contributed by atoms with Crippen LogP contribution in [-0.4, -0.2) is 35.2 Å². The van der Waals surface area contributed by atoms with Gasteiger partial charge in [0.25, 0.3) is 0 Å². The Morgan fingerprint density at radius 1 is 1.24 bits per heavy atom. The molecule has 1 aliphatic rings. The lowest BCUT2D eigenvalue weighted by Gasteiger charge is -2.08. The molecular formula is C16H19N3O2. The highest BCUT2D eigenvalue weighted by Crippen LogP contribution is 2.20. The SMILES string of the molecule is O=C(O)c1cccc2nc(NCCCNC3CC3)ccc12.